The van der Waals surface area contributed by atoms with Crippen LogP contribution in [0.15, 0.2) is 11.1 Å². The molecule has 0 fully saturated rings. The van der Waals surface area contributed by atoms with E-state index in [0.717, 1.165) is 25.2 Å². The number of rotatable bonds is 6. The number of hydrogen-bond acceptors (Lipinski definition) is 5. The Labute approximate surface area is 128 Å². The fraction of sp³-hybridized carbons (Fsp3) is 0.533. The van der Waals surface area contributed by atoms with Crippen LogP contribution in [0.2, 0.25) is 0 Å². The highest BCUT2D eigenvalue weighted by Crippen LogP contribution is 2.26. The van der Waals surface area contributed by atoms with Crippen LogP contribution < -0.4 is 5.56 Å². The molecule has 0 saturated heterocycles. The summed E-state index contributed by atoms with van der Waals surface area (Å²) in [4.78, 5) is 32.1. The maximum atomic E-state index is 12.6. The van der Waals surface area contributed by atoms with Gasteiger partial charge in [-0.3, -0.25) is 14.2 Å². The Kier molecular flexibility index (Phi) is 4.90. The Hall–Kier alpha value is -1.53. The van der Waals surface area contributed by atoms with Gasteiger partial charge in [-0.05, 0) is 32.5 Å². The number of fused-ring (bicyclic) bond motifs is 1. The Morgan fingerprint density at radius 1 is 1.38 bits per heavy atom. The molecule has 0 radical (unpaired) electrons. The summed E-state index contributed by atoms with van der Waals surface area (Å²) in [6.07, 6.45) is 1.59. The van der Waals surface area contributed by atoms with Crippen LogP contribution in [0.5, 0.6) is 0 Å². The van der Waals surface area contributed by atoms with E-state index >= 15 is 0 Å². The minimum absolute atomic E-state index is 0.00964. The number of hydrogen-bond donors (Lipinski definition) is 0. The number of nitrogens with zero attached hydrogens (tertiary/aromatic N) is 3. The molecule has 0 N–H and O–H groups in total. The molecule has 2 heterocycles. The second-order valence-electron chi connectivity index (χ2n) is 5.06. The van der Waals surface area contributed by atoms with E-state index in [-0.39, 0.29) is 11.3 Å². The Morgan fingerprint density at radius 3 is 2.62 bits per heavy atom. The van der Waals surface area contributed by atoms with Crippen LogP contribution in [0.3, 0.4) is 0 Å². The van der Waals surface area contributed by atoms with Gasteiger partial charge >= 0.3 is 0 Å². The van der Waals surface area contributed by atoms with Gasteiger partial charge in [0.1, 0.15) is 4.83 Å². The predicted molar refractivity (Wildman–Crippen MR) is 86.4 cm³/mol. The number of carbonyl (C=O) groups is 1. The SMILES string of the molecule is CCN(CC)CCn1cnc2sc(C(C)=O)c(C)c2c1=O. The van der Waals surface area contributed by atoms with Crippen LogP contribution in [-0.4, -0.2) is 39.9 Å². The summed E-state index contributed by atoms with van der Waals surface area (Å²) in [6.45, 7) is 10.9. The van der Waals surface area contributed by atoms with Gasteiger partial charge in [0.05, 0.1) is 16.6 Å². The summed E-state index contributed by atoms with van der Waals surface area (Å²) in [5.41, 5.74) is 0.714. The summed E-state index contributed by atoms with van der Waals surface area (Å²) in [5, 5.41) is 0.590. The average molecular weight is 307 g/mol. The maximum absolute atomic E-state index is 12.6. The van der Waals surface area contributed by atoms with Crippen molar-refractivity contribution in [3.8, 4) is 0 Å². The van der Waals surface area contributed by atoms with Gasteiger partial charge in [0.15, 0.2) is 5.78 Å². The lowest BCUT2D eigenvalue weighted by Crippen LogP contribution is -2.31. The summed E-state index contributed by atoms with van der Waals surface area (Å²) in [6, 6.07) is 0. The second kappa shape index (κ2) is 6.49. The molecular formula is C15H21N3O2S. The molecule has 0 aromatic carbocycles. The van der Waals surface area contributed by atoms with Crippen LogP contribution in [0.1, 0.15) is 36.0 Å². The van der Waals surface area contributed by atoms with Crippen molar-refractivity contribution < 1.29 is 4.79 Å². The normalized spacial score (nSPS) is 11.5. The lowest BCUT2D eigenvalue weighted by atomic mass is 10.2. The van der Waals surface area contributed by atoms with E-state index < -0.39 is 0 Å². The number of carbonyl (C=O) groups excluding carboxylic acids is 1. The third kappa shape index (κ3) is 3.06. The number of ketones is 1. The topological polar surface area (TPSA) is 55.2 Å². The fourth-order valence-corrected chi connectivity index (χ4v) is 3.48. The highest BCUT2D eigenvalue weighted by atomic mass is 32.1. The van der Waals surface area contributed by atoms with Gasteiger partial charge < -0.3 is 4.90 Å². The lowest BCUT2D eigenvalue weighted by molar-refractivity contribution is 0.102. The molecule has 2 rings (SSSR count). The van der Waals surface area contributed by atoms with Crippen molar-refractivity contribution in [2.24, 2.45) is 0 Å². The molecule has 2 aromatic heterocycles. The van der Waals surface area contributed by atoms with Gasteiger partial charge in [-0.2, -0.15) is 0 Å². The average Bonchev–Trinajstić information content (AvgIpc) is 2.80. The van der Waals surface area contributed by atoms with Crippen LogP contribution >= 0.6 is 11.3 Å². The number of Topliss-reactive ketones (excluding diaryl/α,β-unsaturated/α-hetero) is 1. The Morgan fingerprint density at radius 2 is 2.05 bits per heavy atom. The molecule has 0 aliphatic heterocycles. The van der Waals surface area contributed by atoms with E-state index in [0.29, 0.717) is 21.6 Å². The van der Waals surface area contributed by atoms with Crippen molar-refractivity contribution in [2.75, 3.05) is 19.6 Å². The van der Waals surface area contributed by atoms with E-state index in [2.05, 4.69) is 23.7 Å². The molecule has 0 aliphatic carbocycles. The standard InChI is InChI=1S/C15H21N3O2S/c1-5-17(6-2)7-8-18-9-16-14-12(15(18)20)10(3)13(21-14)11(4)19/h9H,5-8H2,1-4H3. The molecule has 2 aromatic rings. The first-order chi connectivity index (χ1) is 9.99. The van der Waals surface area contributed by atoms with Crippen LogP contribution in [0, 0.1) is 6.92 Å². The minimum Gasteiger partial charge on any atom is -0.302 e. The predicted octanol–water partition coefficient (Wildman–Crippen LogP) is 2.31. The second-order valence-corrected chi connectivity index (χ2v) is 6.06. The molecule has 5 nitrogen and oxygen atoms in total. The fourth-order valence-electron chi connectivity index (χ4n) is 2.44. The molecule has 0 saturated carbocycles. The maximum Gasteiger partial charge on any atom is 0.262 e. The summed E-state index contributed by atoms with van der Waals surface area (Å²) in [5.74, 6) is -0.00964. The first kappa shape index (κ1) is 15.9. The molecular weight excluding hydrogens is 286 g/mol. The van der Waals surface area contributed by atoms with Crippen LogP contribution in [0.25, 0.3) is 10.2 Å². The largest absolute Gasteiger partial charge is 0.302 e. The van der Waals surface area contributed by atoms with Crippen molar-refractivity contribution in [3.63, 3.8) is 0 Å². The van der Waals surface area contributed by atoms with Crippen molar-refractivity contribution in [2.45, 2.75) is 34.2 Å². The van der Waals surface area contributed by atoms with E-state index in [1.165, 1.54) is 18.3 Å². The highest BCUT2D eigenvalue weighted by Gasteiger charge is 2.16. The van der Waals surface area contributed by atoms with Crippen LogP contribution in [0.4, 0.5) is 0 Å². The van der Waals surface area contributed by atoms with Crippen molar-refractivity contribution >= 4 is 27.3 Å². The number of thiophene rings is 1. The Bertz CT molecular complexity index is 714. The van der Waals surface area contributed by atoms with Crippen molar-refractivity contribution in [3.05, 3.63) is 27.1 Å². The van der Waals surface area contributed by atoms with Crippen LogP contribution in [-0.2, 0) is 6.54 Å². The van der Waals surface area contributed by atoms with E-state index in [4.69, 9.17) is 0 Å². The molecule has 114 valence electrons. The molecule has 0 bridgehead atoms. The summed E-state index contributed by atoms with van der Waals surface area (Å²) >= 11 is 1.30. The molecule has 0 amide bonds. The molecule has 0 atom stereocenters. The quantitative estimate of drug-likeness (QED) is 0.769. The zero-order valence-electron chi connectivity index (χ0n) is 13.0. The Balaban J connectivity index is 2.40. The van der Waals surface area contributed by atoms with Crippen molar-refractivity contribution in [1.29, 1.82) is 0 Å². The highest BCUT2D eigenvalue weighted by molar-refractivity contribution is 7.20. The lowest BCUT2D eigenvalue weighted by Gasteiger charge is -2.18. The van der Waals surface area contributed by atoms with Gasteiger partial charge in [-0.15, -0.1) is 11.3 Å². The number of aryl methyl sites for hydroxylation is 1. The molecule has 6 heteroatoms. The minimum atomic E-state index is -0.0478. The van der Waals surface area contributed by atoms with Gasteiger partial charge in [0.2, 0.25) is 0 Å². The molecule has 0 aliphatic rings. The first-order valence-electron chi connectivity index (χ1n) is 7.21. The van der Waals surface area contributed by atoms with E-state index in [1.54, 1.807) is 10.9 Å². The molecule has 0 spiro atoms. The van der Waals surface area contributed by atoms with Gasteiger partial charge in [0.25, 0.3) is 5.56 Å². The first-order valence-corrected chi connectivity index (χ1v) is 8.03. The third-order valence-electron chi connectivity index (χ3n) is 3.79. The summed E-state index contributed by atoms with van der Waals surface area (Å²) < 4.78 is 1.64. The van der Waals surface area contributed by atoms with Gasteiger partial charge in [-0.1, -0.05) is 13.8 Å². The monoisotopic (exact) mass is 307 g/mol. The van der Waals surface area contributed by atoms with Gasteiger partial charge in [0, 0.05) is 13.1 Å². The smallest absolute Gasteiger partial charge is 0.262 e. The summed E-state index contributed by atoms with van der Waals surface area (Å²) in [7, 11) is 0. The van der Waals surface area contributed by atoms with Crippen molar-refractivity contribution in [1.82, 2.24) is 14.5 Å². The van der Waals surface area contributed by atoms with Gasteiger partial charge in [-0.25, -0.2) is 4.98 Å². The number of aromatic nitrogens is 2. The molecule has 0 unspecified atom stereocenters. The third-order valence-corrected chi connectivity index (χ3v) is 5.09. The van der Waals surface area contributed by atoms with E-state index in [1.807, 2.05) is 6.92 Å². The zero-order valence-corrected chi connectivity index (χ0v) is 13.8. The number of likely N-dealkylation sites (N-methyl/N-ethyl adjacent to an activating group) is 1. The van der Waals surface area contributed by atoms with E-state index in [9.17, 15) is 9.59 Å². The zero-order chi connectivity index (χ0) is 15.6. The molecule has 21 heavy (non-hydrogen) atoms.